The number of rotatable bonds is 8. The van der Waals surface area contributed by atoms with Gasteiger partial charge in [-0.1, -0.05) is 13.8 Å². The zero-order valence-electron chi connectivity index (χ0n) is 13.4. The second kappa shape index (κ2) is 8.23. The summed E-state index contributed by atoms with van der Waals surface area (Å²) in [6.45, 7) is 5.61. The molecule has 2 atom stereocenters. The molecule has 0 spiro atoms. The highest BCUT2D eigenvalue weighted by atomic mass is 16.5. The molecule has 7 heteroatoms. The van der Waals surface area contributed by atoms with Crippen molar-refractivity contribution in [1.82, 2.24) is 5.53 Å². The van der Waals surface area contributed by atoms with Crippen LogP contribution < -0.4 is 26.6 Å². The molecule has 1 aromatic rings. The number of benzene rings is 1. The minimum atomic E-state index is -0.475. The molecule has 0 fully saturated rings. The van der Waals surface area contributed by atoms with Gasteiger partial charge in [-0.05, 0) is 25.5 Å². The lowest BCUT2D eigenvalue weighted by Gasteiger charge is -2.16. The normalized spacial score (nSPS) is 14.1. The van der Waals surface area contributed by atoms with E-state index in [0.717, 1.165) is 6.42 Å². The summed E-state index contributed by atoms with van der Waals surface area (Å²) in [5, 5.41) is 3.66. The molecule has 0 aliphatic heterocycles. The summed E-state index contributed by atoms with van der Waals surface area (Å²) >= 11 is 0. The third kappa shape index (κ3) is 4.36. The lowest BCUT2D eigenvalue weighted by atomic mass is 9.96. The summed E-state index contributed by atoms with van der Waals surface area (Å²) in [6, 6.07) is 5.07. The number of hydrazone groups is 1. The summed E-state index contributed by atoms with van der Waals surface area (Å²) in [4.78, 5) is 12.3. The van der Waals surface area contributed by atoms with E-state index in [-0.39, 0.29) is 17.5 Å². The monoisotopic (exact) mass is 308 g/mol. The van der Waals surface area contributed by atoms with E-state index in [4.69, 9.17) is 21.1 Å². The Kier molecular flexibility index (Phi) is 6.65. The van der Waals surface area contributed by atoms with Gasteiger partial charge in [0.2, 0.25) is 0 Å². The van der Waals surface area contributed by atoms with Crippen LogP contribution in [0.1, 0.15) is 37.6 Å². The molecule has 0 aliphatic carbocycles. The van der Waals surface area contributed by atoms with Gasteiger partial charge >= 0.3 is 0 Å². The van der Waals surface area contributed by atoms with Crippen LogP contribution in [0.4, 0.5) is 0 Å². The number of carbonyl (C=O) groups is 1. The van der Waals surface area contributed by atoms with E-state index in [1.807, 2.05) is 13.8 Å². The van der Waals surface area contributed by atoms with Gasteiger partial charge in [0, 0.05) is 12.0 Å². The van der Waals surface area contributed by atoms with E-state index in [2.05, 4.69) is 10.6 Å². The van der Waals surface area contributed by atoms with Crippen molar-refractivity contribution in [2.75, 3.05) is 7.11 Å². The van der Waals surface area contributed by atoms with Crippen LogP contribution in [0.5, 0.6) is 11.5 Å². The number of methoxy groups -OCH3 is 1. The van der Waals surface area contributed by atoms with Crippen molar-refractivity contribution >= 4 is 11.6 Å². The number of nitrogens with one attached hydrogen (secondary N) is 1. The third-order valence-corrected chi connectivity index (χ3v) is 3.42. The standard InChI is InChI=1S/C15H24N4O3/c1-5-9(2)14(20)12-7-6-11(8-13(12)21-4)22-10(3)15(16)18-19-17/h6-10,19H,5,17H2,1-4H3,(H2,16,18). The largest absolute Gasteiger partial charge is 0.496 e. The molecule has 0 aliphatic rings. The lowest BCUT2D eigenvalue weighted by Crippen LogP contribution is -2.34. The highest BCUT2D eigenvalue weighted by Crippen LogP contribution is 2.28. The van der Waals surface area contributed by atoms with Gasteiger partial charge in [-0.2, -0.15) is 0 Å². The maximum absolute atomic E-state index is 12.3. The van der Waals surface area contributed by atoms with Crippen LogP contribution in [0.25, 0.3) is 0 Å². The average molecular weight is 308 g/mol. The van der Waals surface area contributed by atoms with E-state index < -0.39 is 6.10 Å². The van der Waals surface area contributed by atoms with E-state index >= 15 is 0 Å². The van der Waals surface area contributed by atoms with Gasteiger partial charge in [0.05, 0.1) is 12.7 Å². The molecule has 0 amide bonds. The Labute approximate surface area is 130 Å². The Morgan fingerprint density at radius 3 is 2.64 bits per heavy atom. The number of nitrogens with two attached hydrogens (primary N) is 2. The number of carbonyl (C=O) groups excluding carboxylic acids is 1. The molecule has 1 aromatic carbocycles. The topological polar surface area (TPSA) is 112 Å². The van der Waals surface area contributed by atoms with Gasteiger partial charge in [0.15, 0.2) is 17.7 Å². The molecule has 0 aromatic heterocycles. The molecular weight excluding hydrogens is 284 g/mol. The van der Waals surface area contributed by atoms with Crippen LogP contribution in [0.3, 0.4) is 0 Å². The van der Waals surface area contributed by atoms with Crippen molar-refractivity contribution in [3.8, 4) is 11.5 Å². The molecule has 7 nitrogen and oxygen atoms in total. The predicted molar refractivity (Wildman–Crippen MR) is 85.8 cm³/mol. The summed E-state index contributed by atoms with van der Waals surface area (Å²) in [7, 11) is 1.52. The number of hydrogen-bond donors (Lipinski definition) is 3. The van der Waals surface area contributed by atoms with Crippen molar-refractivity contribution in [1.29, 1.82) is 0 Å². The SMILES string of the molecule is CCC(C)C(=O)c1ccc(OC(C)/C(N)=N/NN)cc1OC. The van der Waals surface area contributed by atoms with E-state index in [1.54, 1.807) is 25.1 Å². The molecule has 2 unspecified atom stereocenters. The van der Waals surface area contributed by atoms with Crippen LogP contribution in [0, 0.1) is 5.92 Å². The first-order valence-corrected chi connectivity index (χ1v) is 7.12. The fourth-order valence-corrected chi connectivity index (χ4v) is 1.83. The number of ether oxygens (including phenoxy) is 2. The van der Waals surface area contributed by atoms with Gasteiger partial charge in [0.25, 0.3) is 0 Å². The number of nitrogens with zero attached hydrogens (tertiary/aromatic N) is 1. The highest BCUT2D eigenvalue weighted by molar-refractivity contribution is 6.00. The molecule has 122 valence electrons. The Bertz CT molecular complexity index is 546. The van der Waals surface area contributed by atoms with Crippen molar-refractivity contribution < 1.29 is 14.3 Å². The zero-order chi connectivity index (χ0) is 16.7. The number of hydrazine groups is 1. The third-order valence-electron chi connectivity index (χ3n) is 3.42. The molecule has 0 saturated heterocycles. The van der Waals surface area contributed by atoms with Crippen LogP contribution >= 0.6 is 0 Å². The van der Waals surface area contributed by atoms with Gasteiger partial charge in [-0.3, -0.25) is 4.79 Å². The lowest BCUT2D eigenvalue weighted by molar-refractivity contribution is 0.0924. The van der Waals surface area contributed by atoms with E-state index in [0.29, 0.717) is 17.1 Å². The molecule has 5 N–H and O–H groups in total. The van der Waals surface area contributed by atoms with Crippen molar-refractivity contribution in [2.24, 2.45) is 22.6 Å². The minimum absolute atomic E-state index is 0.0485. The van der Waals surface area contributed by atoms with Crippen LogP contribution in [-0.4, -0.2) is 24.8 Å². The summed E-state index contributed by atoms with van der Waals surface area (Å²) < 4.78 is 10.9. The Hall–Kier alpha value is -2.28. The van der Waals surface area contributed by atoms with E-state index in [1.165, 1.54) is 7.11 Å². The van der Waals surface area contributed by atoms with Crippen LogP contribution in [0.15, 0.2) is 23.3 Å². The highest BCUT2D eigenvalue weighted by Gasteiger charge is 2.19. The summed E-state index contributed by atoms with van der Waals surface area (Å²) in [5.74, 6) is 6.27. The van der Waals surface area contributed by atoms with Crippen molar-refractivity contribution in [3.05, 3.63) is 23.8 Å². The molecular formula is C15H24N4O3. The second-order valence-corrected chi connectivity index (χ2v) is 4.96. The van der Waals surface area contributed by atoms with Gasteiger partial charge in [0.1, 0.15) is 11.5 Å². The first-order chi connectivity index (χ1) is 10.4. The first-order valence-electron chi connectivity index (χ1n) is 7.12. The number of hydrogen-bond acceptors (Lipinski definition) is 6. The quantitative estimate of drug-likeness (QED) is 0.220. The minimum Gasteiger partial charge on any atom is -0.496 e. The molecule has 0 radical (unpaired) electrons. The Morgan fingerprint density at radius 2 is 2.09 bits per heavy atom. The van der Waals surface area contributed by atoms with Crippen molar-refractivity contribution in [3.63, 3.8) is 0 Å². The van der Waals surface area contributed by atoms with Crippen LogP contribution in [0.2, 0.25) is 0 Å². The maximum atomic E-state index is 12.3. The van der Waals surface area contributed by atoms with Gasteiger partial charge in [-0.25, -0.2) is 11.4 Å². The smallest absolute Gasteiger partial charge is 0.169 e. The van der Waals surface area contributed by atoms with E-state index in [9.17, 15) is 4.79 Å². The zero-order valence-corrected chi connectivity index (χ0v) is 13.4. The Morgan fingerprint density at radius 1 is 1.41 bits per heavy atom. The van der Waals surface area contributed by atoms with Crippen molar-refractivity contribution in [2.45, 2.75) is 33.3 Å². The number of amidine groups is 1. The second-order valence-electron chi connectivity index (χ2n) is 4.96. The van der Waals surface area contributed by atoms with Crippen LogP contribution in [-0.2, 0) is 0 Å². The molecule has 0 bridgehead atoms. The summed E-state index contributed by atoms with van der Waals surface area (Å²) in [6.07, 6.45) is 0.299. The van der Waals surface area contributed by atoms with Gasteiger partial charge in [-0.15, -0.1) is 5.10 Å². The average Bonchev–Trinajstić information content (AvgIpc) is 2.53. The molecule has 22 heavy (non-hydrogen) atoms. The molecule has 0 heterocycles. The Balaban J connectivity index is 2.98. The molecule has 0 saturated carbocycles. The number of Topliss-reactive ketones (excluding diaryl/α,β-unsaturated/α-hetero) is 1. The fraction of sp³-hybridized carbons (Fsp3) is 0.467. The predicted octanol–water partition coefficient (Wildman–Crippen LogP) is 1.43. The fourth-order valence-electron chi connectivity index (χ4n) is 1.83. The summed E-state index contributed by atoms with van der Waals surface area (Å²) in [5.41, 5.74) is 8.34. The maximum Gasteiger partial charge on any atom is 0.169 e. The molecule has 1 rings (SSSR count). The first kappa shape index (κ1) is 17.8. The number of ketones is 1. The van der Waals surface area contributed by atoms with Gasteiger partial charge < -0.3 is 15.2 Å².